The van der Waals surface area contributed by atoms with Crippen LogP contribution in [0.5, 0.6) is 0 Å². The summed E-state index contributed by atoms with van der Waals surface area (Å²) < 4.78 is 10.7. The van der Waals surface area contributed by atoms with Gasteiger partial charge in [-0.3, -0.25) is 4.79 Å². The molecule has 1 N–H and O–H groups in total. The number of carboxylic acid groups (broad SMARTS) is 1. The molecule has 7 heteroatoms. The molecule has 0 heterocycles. The molecule has 0 aromatic carbocycles. The van der Waals surface area contributed by atoms with E-state index in [4.69, 9.17) is 14.6 Å². The van der Waals surface area contributed by atoms with Crippen LogP contribution in [-0.2, 0) is 14.3 Å². The molecule has 1 atom stereocenters. The summed E-state index contributed by atoms with van der Waals surface area (Å²) in [6.45, 7) is 2.95. The van der Waals surface area contributed by atoms with Crippen molar-refractivity contribution in [3.63, 3.8) is 0 Å². The predicted octanol–water partition coefficient (Wildman–Crippen LogP) is 0.444. The molecule has 0 amide bonds. The van der Waals surface area contributed by atoms with E-state index in [1.54, 1.807) is 0 Å². The van der Waals surface area contributed by atoms with Crippen LogP contribution in [0.25, 0.3) is 0 Å². The molecule has 0 saturated carbocycles. The van der Waals surface area contributed by atoms with Crippen LogP contribution in [0.15, 0.2) is 0 Å². The van der Waals surface area contributed by atoms with Gasteiger partial charge >= 0.3 is 12.1 Å². The number of carbonyl (C=O) groups excluding carboxylic acids is 1. The molecule has 0 aromatic rings. The number of carboxylic acids is 1. The Bertz CT molecular complexity index is 344. The van der Waals surface area contributed by atoms with Crippen molar-refractivity contribution in [1.29, 1.82) is 0 Å². The van der Waals surface area contributed by atoms with E-state index in [0.717, 1.165) is 19.3 Å². The van der Waals surface area contributed by atoms with Crippen molar-refractivity contribution in [2.45, 2.75) is 64.4 Å². The second-order valence-electron chi connectivity index (χ2n) is 7.03. The zero-order chi connectivity index (χ0) is 17.7. The monoisotopic (exact) mass is 367 g/mol. The average Bonchev–Trinajstić information content (AvgIpc) is 2.39. The van der Waals surface area contributed by atoms with Gasteiger partial charge < -0.3 is 31.5 Å². The van der Waals surface area contributed by atoms with Crippen LogP contribution in [0.2, 0.25) is 0 Å². The highest BCUT2D eigenvalue weighted by Crippen LogP contribution is 2.09. The molecular weight excluding hydrogens is 334 g/mol. The van der Waals surface area contributed by atoms with Crippen molar-refractivity contribution < 1.29 is 41.1 Å². The van der Waals surface area contributed by atoms with Crippen LogP contribution in [0, 0.1) is 0 Å². The fourth-order valence-corrected chi connectivity index (χ4v) is 2.33. The molecule has 0 radical (unpaired) electrons. The standard InChI is InChI=1S/C17H33NO5.ClH/c1-5-6-7-8-9-10-11-12-22-17(21)23-15(13-16(19)20)14-18(2,3)4;/h15H,5-14H2,1-4H3;1H. The Morgan fingerprint density at radius 1 is 1.00 bits per heavy atom. The number of halogens is 1. The lowest BCUT2D eigenvalue weighted by atomic mass is 10.1. The minimum absolute atomic E-state index is 0. The number of rotatable bonds is 13. The van der Waals surface area contributed by atoms with Gasteiger partial charge in [-0.1, -0.05) is 45.4 Å². The Balaban J connectivity index is 0. The minimum Gasteiger partial charge on any atom is -1.00 e. The van der Waals surface area contributed by atoms with Crippen LogP contribution in [0.4, 0.5) is 4.79 Å². The lowest BCUT2D eigenvalue weighted by Crippen LogP contribution is -3.00. The van der Waals surface area contributed by atoms with Crippen LogP contribution in [-0.4, -0.2) is 62.1 Å². The van der Waals surface area contributed by atoms with Gasteiger partial charge in [0.1, 0.15) is 6.54 Å². The number of aliphatic carboxylic acids is 1. The van der Waals surface area contributed by atoms with Gasteiger partial charge in [-0.25, -0.2) is 4.79 Å². The molecule has 144 valence electrons. The summed E-state index contributed by atoms with van der Waals surface area (Å²) in [4.78, 5) is 22.5. The maximum atomic E-state index is 11.7. The first-order valence-electron chi connectivity index (χ1n) is 8.60. The Kier molecular flexibility index (Phi) is 15.1. The smallest absolute Gasteiger partial charge is 0.508 e. The van der Waals surface area contributed by atoms with Gasteiger partial charge in [0.2, 0.25) is 0 Å². The summed E-state index contributed by atoms with van der Waals surface area (Å²) in [5.74, 6) is -0.983. The van der Waals surface area contributed by atoms with Crippen LogP contribution in [0.3, 0.4) is 0 Å². The number of hydrogen-bond donors (Lipinski definition) is 1. The van der Waals surface area contributed by atoms with Crippen molar-refractivity contribution in [3.8, 4) is 0 Å². The number of hydrogen-bond acceptors (Lipinski definition) is 4. The summed E-state index contributed by atoms with van der Waals surface area (Å²) in [6, 6.07) is 0. The third kappa shape index (κ3) is 17.3. The zero-order valence-electron chi connectivity index (χ0n) is 15.6. The fraction of sp³-hybridized carbons (Fsp3) is 0.882. The van der Waals surface area contributed by atoms with E-state index in [1.165, 1.54) is 25.7 Å². The summed E-state index contributed by atoms with van der Waals surface area (Å²) in [7, 11) is 5.76. The van der Waals surface area contributed by atoms with E-state index in [2.05, 4.69) is 6.92 Å². The third-order valence-electron chi connectivity index (χ3n) is 3.38. The largest absolute Gasteiger partial charge is 1.00 e. The molecule has 6 nitrogen and oxygen atoms in total. The average molecular weight is 368 g/mol. The molecule has 0 rings (SSSR count). The van der Waals surface area contributed by atoms with Gasteiger partial charge in [0.25, 0.3) is 0 Å². The maximum absolute atomic E-state index is 11.7. The summed E-state index contributed by atoms with van der Waals surface area (Å²) in [6.07, 6.45) is 6.37. The first kappa shape index (κ1) is 25.2. The number of carbonyl (C=O) groups is 2. The fourth-order valence-electron chi connectivity index (χ4n) is 2.33. The van der Waals surface area contributed by atoms with Crippen molar-refractivity contribution in [2.24, 2.45) is 0 Å². The van der Waals surface area contributed by atoms with E-state index in [-0.39, 0.29) is 18.8 Å². The second-order valence-corrected chi connectivity index (χ2v) is 7.03. The van der Waals surface area contributed by atoms with Crippen molar-refractivity contribution >= 4 is 12.1 Å². The first-order chi connectivity index (χ1) is 10.7. The molecule has 24 heavy (non-hydrogen) atoms. The first-order valence-corrected chi connectivity index (χ1v) is 8.60. The van der Waals surface area contributed by atoms with E-state index >= 15 is 0 Å². The van der Waals surface area contributed by atoms with Crippen LogP contribution < -0.4 is 12.4 Å². The number of nitrogens with zero attached hydrogens (tertiary/aromatic N) is 1. The second kappa shape index (κ2) is 14.3. The normalized spacial score (nSPS) is 12.2. The number of likely N-dealkylation sites (N-methyl/N-ethyl adjacent to an activating group) is 1. The quantitative estimate of drug-likeness (QED) is 0.290. The molecule has 0 bridgehead atoms. The van der Waals surface area contributed by atoms with E-state index in [9.17, 15) is 9.59 Å². The number of unbranched alkanes of at least 4 members (excludes halogenated alkanes) is 6. The Morgan fingerprint density at radius 2 is 1.54 bits per heavy atom. The molecule has 0 aliphatic rings. The molecule has 0 fully saturated rings. The molecular formula is C17H34ClNO5. The third-order valence-corrected chi connectivity index (χ3v) is 3.38. The summed E-state index contributed by atoms with van der Waals surface area (Å²) in [5.41, 5.74) is 0. The van der Waals surface area contributed by atoms with Crippen molar-refractivity contribution in [3.05, 3.63) is 0 Å². The Hall–Kier alpha value is -1.01. The number of ether oxygens (including phenoxy) is 2. The van der Waals surface area contributed by atoms with E-state index in [0.29, 0.717) is 17.6 Å². The van der Waals surface area contributed by atoms with Gasteiger partial charge in [0, 0.05) is 0 Å². The highest BCUT2D eigenvalue weighted by atomic mass is 35.5. The predicted molar refractivity (Wildman–Crippen MR) is 89.4 cm³/mol. The topological polar surface area (TPSA) is 72.8 Å². The van der Waals surface area contributed by atoms with Gasteiger partial charge in [-0.15, -0.1) is 0 Å². The van der Waals surface area contributed by atoms with Gasteiger partial charge in [0.05, 0.1) is 34.2 Å². The zero-order valence-corrected chi connectivity index (χ0v) is 16.3. The van der Waals surface area contributed by atoms with Crippen molar-refractivity contribution in [1.82, 2.24) is 0 Å². The molecule has 0 aliphatic heterocycles. The Labute approximate surface area is 152 Å². The lowest BCUT2D eigenvalue weighted by molar-refractivity contribution is -0.873. The summed E-state index contributed by atoms with van der Waals surface area (Å²) >= 11 is 0. The SMILES string of the molecule is CCCCCCCCCOC(=O)OC(CC(=O)O)C[N+](C)(C)C.[Cl-]. The van der Waals surface area contributed by atoms with Gasteiger partial charge in [-0.2, -0.15) is 0 Å². The molecule has 0 spiro atoms. The van der Waals surface area contributed by atoms with Crippen LogP contribution >= 0.6 is 0 Å². The van der Waals surface area contributed by atoms with E-state index in [1.807, 2.05) is 21.1 Å². The lowest BCUT2D eigenvalue weighted by Gasteiger charge is -2.28. The van der Waals surface area contributed by atoms with Gasteiger partial charge in [-0.05, 0) is 6.42 Å². The maximum Gasteiger partial charge on any atom is 0.508 e. The van der Waals surface area contributed by atoms with Crippen molar-refractivity contribution in [2.75, 3.05) is 34.3 Å². The molecule has 0 aromatic heterocycles. The highest BCUT2D eigenvalue weighted by Gasteiger charge is 2.25. The number of quaternary nitrogens is 1. The summed E-state index contributed by atoms with van der Waals surface area (Å²) in [5, 5.41) is 8.89. The minimum atomic E-state index is -0.983. The van der Waals surface area contributed by atoms with E-state index < -0.39 is 18.2 Å². The van der Waals surface area contributed by atoms with Gasteiger partial charge in [0.15, 0.2) is 6.10 Å². The van der Waals surface area contributed by atoms with Crippen LogP contribution in [0.1, 0.15) is 58.3 Å². The molecule has 0 aliphatic carbocycles. The molecule has 1 unspecified atom stereocenters. The highest BCUT2D eigenvalue weighted by molar-refractivity contribution is 5.68. The molecule has 0 saturated heterocycles. The Morgan fingerprint density at radius 3 is 2.04 bits per heavy atom.